The van der Waals surface area contributed by atoms with Crippen LogP contribution in [0.3, 0.4) is 0 Å². The van der Waals surface area contributed by atoms with Crippen LogP contribution in [0.2, 0.25) is 0 Å². The van der Waals surface area contributed by atoms with Crippen LogP contribution in [-0.2, 0) is 21.0 Å². The first kappa shape index (κ1) is 16.4. The maximum atomic E-state index is 12.6. The maximum Gasteiger partial charge on any atom is 0.416 e. The fourth-order valence-corrected chi connectivity index (χ4v) is 2.86. The van der Waals surface area contributed by atoms with E-state index >= 15 is 0 Å². The van der Waals surface area contributed by atoms with Gasteiger partial charge in [0.25, 0.3) is 0 Å². The number of sulfonamides is 1. The molecular formula is C11H12F3NO4S. The number of aliphatic carboxylic acids is 1. The van der Waals surface area contributed by atoms with Crippen LogP contribution < -0.4 is 0 Å². The number of benzene rings is 1. The van der Waals surface area contributed by atoms with Gasteiger partial charge in [0.2, 0.25) is 10.0 Å². The molecule has 0 aliphatic rings. The first-order chi connectivity index (χ1) is 8.96. The lowest BCUT2D eigenvalue weighted by Crippen LogP contribution is -2.32. The molecule has 1 aromatic carbocycles. The number of aryl methyl sites for hydroxylation is 1. The van der Waals surface area contributed by atoms with Gasteiger partial charge in [-0.2, -0.15) is 17.5 Å². The van der Waals surface area contributed by atoms with Gasteiger partial charge in [-0.1, -0.05) is 6.07 Å². The molecule has 0 aromatic heterocycles. The van der Waals surface area contributed by atoms with E-state index in [0.717, 1.165) is 19.2 Å². The smallest absolute Gasteiger partial charge is 0.416 e. The van der Waals surface area contributed by atoms with Crippen molar-refractivity contribution in [3.63, 3.8) is 0 Å². The predicted molar refractivity (Wildman–Crippen MR) is 63.6 cm³/mol. The molecular weight excluding hydrogens is 299 g/mol. The average molecular weight is 311 g/mol. The third-order valence-electron chi connectivity index (χ3n) is 2.56. The van der Waals surface area contributed by atoms with Crippen LogP contribution in [0.5, 0.6) is 0 Å². The second-order valence-corrected chi connectivity index (χ2v) is 6.15. The lowest BCUT2D eigenvalue weighted by atomic mass is 10.1. The fraction of sp³-hybridized carbons (Fsp3) is 0.364. The molecule has 0 unspecified atom stereocenters. The van der Waals surface area contributed by atoms with Crippen LogP contribution in [0.25, 0.3) is 0 Å². The number of carbonyl (C=O) groups is 1. The number of hydrogen-bond donors (Lipinski definition) is 1. The summed E-state index contributed by atoms with van der Waals surface area (Å²) < 4.78 is 62.4. The Hall–Kier alpha value is -1.61. The van der Waals surface area contributed by atoms with E-state index in [1.165, 1.54) is 6.92 Å². The van der Waals surface area contributed by atoms with Crippen LogP contribution in [0.15, 0.2) is 23.1 Å². The quantitative estimate of drug-likeness (QED) is 0.919. The molecule has 0 amide bonds. The lowest BCUT2D eigenvalue weighted by Gasteiger charge is -2.18. The number of nitrogens with zero attached hydrogens (tertiary/aromatic N) is 1. The van der Waals surface area contributed by atoms with Crippen LogP contribution in [0.1, 0.15) is 11.1 Å². The Labute approximate surface area is 113 Å². The van der Waals surface area contributed by atoms with Gasteiger partial charge in [-0.15, -0.1) is 0 Å². The van der Waals surface area contributed by atoms with Crippen molar-refractivity contribution >= 4 is 16.0 Å². The first-order valence-corrected chi connectivity index (χ1v) is 6.76. The van der Waals surface area contributed by atoms with Crippen LogP contribution in [-0.4, -0.2) is 37.4 Å². The predicted octanol–water partition coefficient (Wildman–Crippen LogP) is 1.72. The maximum absolute atomic E-state index is 12.6. The summed E-state index contributed by atoms with van der Waals surface area (Å²) >= 11 is 0. The molecule has 1 aromatic rings. The van der Waals surface area contributed by atoms with Gasteiger partial charge < -0.3 is 5.11 Å². The number of hydrogen-bond acceptors (Lipinski definition) is 3. The van der Waals surface area contributed by atoms with Crippen LogP contribution in [0.4, 0.5) is 13.2 Å². The largest absolute Gasteiger partial charge is 0.480 e. The summed E-state index contributed by atoms with van der Waals surface area (Å²) in [5, 5.41) is 8.56. The zero-order chi connectivity index (χ0) is 15.7. The van der Waals surface area contributed by atoms with Gasteiger partial charge in [0.15, 0.2) is 0 Å². The molecule has 112 valence electrons. The van der Waals surface area contributed by atoms with E-state index in [1.807, 2.05) is 0 Å². The Morgan fingerprint density at radius 2 is 1.90 bits per heavy atom. The molecule has 9 heteroatoms. The van der Waals surface area contributed by atoms with E-state index in [1.54, 1.807) is 0 Å². The van der Waals surface area contributed by atoms with E-state index in [9.17, 15) is 26.4 Å². The van der Waals surface area contributed by atoms with Gasteiger partial charge in [-0.25, -0.2) is 8.42 Å². The molecule has 20 heavy (non-hydrogen) atoms. The van der Waals surface area contributed by atoms with E-state index < -0.39 is 39.2 Å². The van der Waals surface area contributed by atoms with E-state index in [-0.39, 0.29) is 5.56 Å². The Morgan fingerprint density at radius 3 is 2.35 bits per heavy atom. The first-order valence-electron chi connectivity index (χ1n) is 5.32. The van der Waals surface area contributed by atoms with Crippen molar-refractivity contribution in [2.45, 2.75) is 18.0 Å². The van der Waals surface area contributed by atoms with Crippen molar-refractivity contribution in [2.75, 3.05) is 13.6 Å². The second kappa shape index (κ2) is 5.41. The Morgan fingerprint density at radius 1 is 1.35 bits per heavy atom. The molecule has 0 aliphatic carbocycles. The van der Waals surface area contributed by atoms with Gasteiger partial charge >= 0.3 is 12.1 Å². The molecule has 0 aliphatic heterocycles. The third kappa shape index (κ3) is 3.48. The van der Waals surface area contributed by atoms with Gasteiger partial charge in [-0.05, 0) is 24.6 Å². The molecule has 0 saturated carbocycles. The van der Waals surface area contributed by atoms with Crippen molar-refractivity contribution in [1.82, 2.24) is 4.31 Å². The van der Waals surface area contributed by atoms with E-state index in [4.69, 9.17) is 5.11 Å². The molecule has 0 atom stereocenters. The Balaban J connectivity index is 3.34. The van der Waals surface area contributed by atoms with Gasteiger partial charge in [0.05, 0.1) is 10.5 Å². The van der Waals surface area contributed by atoms with Crippen molar-refractivity contribution < 1.29 is 31.5 Å². The molecule has 0 fully saturated rings. The zero-order valence-electron chi connectivity index (χ0n) is 10.6. The highest BCUT2D eigenvalue weighted by Crippen LogP contribution is 2.32. The highest BCUT2D eigenvalue weighted by Gasteiger charge is 2.33. The summed E-state index contributed by atoms with van der Waals surface area (Å²) in [7, 11) is -3.31. The van der Waals surface area contributed by atoms with Crippen LogP contribution in [0, 0.1) is 6.92 Å². The highest BCUT2D eigenvalue weighted by molar-refractivity contribution is 7.89. The van der Waals surface area contributed by atoms with Gasteiger partial charge in [0.1, 0.15) is 6.54 Å². The van der Waals surface area contributed by atoms with E-state index in [0.29, 0.717) is 10.4 Å². The Bertz CT molecular complexity index is 625. The summed E-state index contributed by atoms with van der Waals surface area (Å²) in [6, 6.07) is 2.30. The molecule has 5 nitrogen and oxygen atoms in total. The summed E-state index contributed by atoms with van der Waals surface area (Å²) in [6.45, 7) is 0.500. The zero-order valence-corrected chi connectivity index (χ0v) is 11.4. The van der Waals surface area contributed by atoms with Crippen molar-refractivity contribution in [1.29, 1.82) is 0 Å². The lowest BCUT2D eigenvalue weighted by molar-refractivity contribution is -0.138. The number of halogens is 3. The number of rotatable bonds is 4. The molecule has 0 saturated heterocycles. The summed E-state index contributed by atoms with van der Waals surface area (Å²) in [5.74, 6) is -1.40. The SMILES string of the molecule is Cc1ccc(C(F)(F)F)cc1S(=O)(=O)N(C)CC(=O)O. The van der Waals surface area contributed by atoms with Crippen molar-refractivity contribution in [3.05, 3.63) is 29.3 Å². The summed E-state index contributed by atoms with van der Waals surface area (Å²) in [5.41, 5.74) is -0.999. The average Bonchev–Trinajstić information content (AvgIpc) is 2.26. The van der Waals surface area contributed by atoms with Crippen molar-refractivity contribution in [3.8, 4) is 0 Å². The van der Waals surface area contributed by atoms with Crippen molar-refractivity contribution in [2.24, 2.45) is 0 Å². The number of alkyl halides is 3. The topological polar surface area (TPSA) is 74.7 Å². The summed E-state index contributed by atoms with van der Waals surface area (Å²) in [6.07, 6.45) is -4.68. The minimum absolute atomic E-state index is 0.107. The van der Waals surface area contributed by atoms with E-state index in [2.05, 4.69) is 0 Å². The van der Waals surface area contributed by atoms with Gasteiger partial charge in [-0.3, -0.25) is 4.79 Å². The normalized spacial score (nSPS) is 12.7. The Kier molecular flexibility index (Phi) is 4.45. The second-order valence-electron chi connectivity index (χ2n) is 4.13. The highest BCUT2D eigenvalue weighted by atomic mass is 32.2. The number of carboxylic acids is 1. The van der Waals surface area contributed by atoms with Crippen LogP contribution >= 0.6 is 0 Å². The molecule has 0 spiro atoms. The minimum atomic E-state index is -4.68. The molecule has 0 heterocycles. The monoisotopic (exact) mass is 311 g/mol. The standard InChI is InChI=1S/C11H12F3NO4S/c1-7-3-4-8(11(12,13)14)5-9(7)20(18,19)15(2)6-10(16)17/h3-5H,6H2,1-2H3,(H,16,17). The summed E-state index contributed by atoms with van der Waals surface area (Å²) in [4.78, 5) is 9.95. The minimum Gasteiger partial charge on any atom is -0.480 e. The molecule has 1 rings (SSSR count). The number of carboxylic acid groups (broad SMARTS) is 1. The fourth-order valence-electron chi connectivity index (χ4n) is 1.50. The number of likely N-dealkylation sites (N-methyl/N-ethyl adjacent to an activating group) is 1. The molecule has 0 radical (unpaired) electrons. The molecule has 1 N–H and O–H groups in total. The third-order valence-corrected chi connectivity index (χ3v) is 4.51. The van der Waals surface area contributed by atoms with Gasteiger partial charge in [0, 0.05) is 7.05 Å². The molecule has 0 bridgehead atoms.